The number of hydrogen-bond acceptors (Lipinski definition) is 5. The molecule has 27 heavy (non-hydrogen) atoms. The highest BCUT2D eigenvalue weighted by molar-refractivity contribution is 9.10. The summed E-state index contributed by atoms with van der Waals surface area (Å²) in [6, 6.07) is 11.6. The number of ether oxygens (including phenoxy) is 1. The van der Waals surface area contributed by atoms with E-state index in [9.17, 15) is 14.9 Å². The molecule has 0 heterocycles. The van der Waals surface area contributed by atoms with Gasteiger partial charge in [-0.2, -0.15) is 5.10 Å². The Morgan fingerprint density at radius 3 is 2.78 bits per heavy atom. The molecular formula is C19H20BrN3O4. The number of nitrogens with one attached hydrogen (secondary N) is 1. The molecule has 0 saturated heterocycles. The lowest BCUT2D eigenvalue weighted by Gasteiger charge is -2.14. The molecule has 0 aliphatic carbocycles. The van der Waals surface area contributed by atoms with Crippen LogP contribution in [0, 0.1) is 10.1 Å². The van der Waals surface area contributed by atoms with Gasteiger partial charge >= 0.3 is 0 Å². The Hall–Kier alpha value is -2.74. The smallest absolute Gasteiger partial charge is 0.273 e. The van der Waals surface area contributed by atoms with Crippen LogP contribution in [0.15, 0.2) is 52.0 Å². The number of para-hydroxylation sites is 1. The molecule has 0 saturated carbocycles. The van der Waals surface area contributed by atoms with Gasteiger partial charge in [-0.25, -0.2) is 5.43 Å². The Balaban J connectivity index is 1.96. The van der Waals surface area contributed by atoms with Crippen molar-refractivity contribution in [3.63, 3.8) is 0 Å². The number of hydrazone groups is 1. The van der Waals surface area contributed by atoms with Crippen molar-refractivity contribution in [3.05, 3.63) is 68.2 Å². The molecule has 1 unspecified atom stereocenters. The molecule has 7 nitrogen and oxygen atoms in total. The van der Waals surface area contributed by atoms with Crippen molar-refractivity contribution in [3.8, 4) is 5.75 Å². The van der Waals surface area contributed by atoms with Gasteiger partial charge in [0, 0.05) is 11.6 Å². The predicted molar refractivity (Wildman–Crippen MR) is 107 cm³/mol. The summed E-state index contributed by atoms with van der Waals surface area (Å²) in [5, 5.41) is 14.9. The normalized spacial score (nSPS) is 12.0. The lowest BCUT2D eigenvalue weighted by molar-refractivity contribution is -0.385. The van der Waals surface area contributed by atoms with Gasteiger partial charge in [-0.15, -0.1) is 0 Å². The van der Waals surface area contributed by atoms with Gasteiger partial charge < -0.3 is 4.74 Å². The second kappa shape index (κ2) is 9.82. The maximum absolute atomic E-state index is 12.0. The topological polar surface area (TPSA) is 93.8 Å². The highest BCUT2D eigenvalue weighted by Gasteiger charge is 2.15. The van der Waals surface area contributed by atoms with Crippen LogP contribution in [0.25, 0.3) is 0 Å². The first kappa shape index (κ1) is 20.6. The number of nitro benzene ring substituents is 1. The van der Waals surface area contributed by atoms with E-state index in [1.165, 1.54) is 12.3 Å². The Morgan fingerprint density at radius 2 is 2.11 bits per heavy atom. The average Bonchev–Trinajstić information content (AvgIpc) is 2.64. The molecule has 0 bridgehead atoms. The highest BCUT2D eigenvalue weighted by atomic mass is 79.9. The zero-order valence-corrected chi connectivity index (χ0v) is 16.6. The van der Waals surface area contributed by atoms with Crippen LogP contribution in [-0.4, -0.2) is 23.1 Å². The summed E-state index contributed by atoms with van der Waals surface area (Å²) in [6.45, 7) is 4.04. The van der Waals surface area contributed by atoms with Gasteiger partial charge in [0.25, 0.3) is 5.69 Å². The van der Waals surface area contributed by atoms with Crippen LogP contribution in [0.5, 0.6) is 5.75 Å². The van der Waals surface area contributed by atoms with Crippen LogP contribution >= 0.6 is 15.9 Å². The fourth-order valence-corrected chi connectivity index (χ4v) is 2.71. The molecule has 2 aromatic carbocycles. The van der Waals surface area contributed by atoms with Gasteiger partial charge in [0.1, 0.15) is 5.75 Å². The van der Waals surface area contributed by atoms with E-state index in [1.807, 2.05) is 32.0 Å². The van der Waals surface area contributed by atoms with Crippen LogP contribution in [0.3, 0.4) is 0 Å². The van der Waals surface area contributed by atoms with E-state index in [0.29, 0.717) is 5.56 Å². The van der Waals surface area contributed by atoms with Crippen LogP contribution in [0.2, 0.25) is 0 Å². The quantitative estimate of drug-likeness (QED) is 0.382. The average molecular weight is 434 g/mol. The third kappa shape index (κ3) is 6.18. The molecule has 0 spiro atoms. The van der Waals surface area contributed by atoms with Gasteiger partial charge in [-0.1, -0.05) is 25.1 Å². The SMILES string of the molecule is CCC(C)Oc1ccc(C=NNC(=O)Cc2ccccc2[N+](=O)[O-])cc1Br. The molecule has 0 fully saturated rings. The van der Waals surface area contributed by atoms with Crippen molar-refractivity contribution < 1.29 is 14.5 Å². The van der Waals surface area contributed by atoms with Crippen LogP contribution in [0.4, 0.5) is 5.69 Å². The minimum atomic E-state index is -0.508. The molecule has 1 N–H and O–H groups in total. The standard InChI is InChI=1S/C19H20BrN3O4/c1-3-13(2)27-18-9-8-14(10-16(18)20)12-21-22-19(24)11-15-6-4-5-7-17(15)23(25)26/h4-10,12-13H,3,11H2,1-2H3,(H,22,24). The second-order valence-electron chi connectivity index (χ2n) is 5.88. The molecule has 0 aromatic heterocycles. The molecule has 0 radical (unpaired) electrons. The summed E-state index contributed by atoms with van der Waals surface area (Å²) >= 11 is 3.45. The van der Waals surface area contributed by atoms with E-state index in [2.05, 4.69) is 26.5 Å². The summed E-state index contributed by atoms with van der Waals surface area (Å²) < 4.78 is 6.56. The van der Waals surface area contributed by atoms with Crippen molar-refractivity contribution in [1.82, 2.24) is 5.43 Å². The summed E-state index contributed by atoms with van der Waals surface area (Å²) in [4.78, 5) is 22.4. The van der Waals surface area contributed by atoms with E-state index in [-0.39, 0.29) is 18.2 Å². The van der Waals surface area contributed by atoms with Crippen molar-refractivity contribution in [1.29, 1.82) is 0 Å². The maximum Gasteiger partial charge on any atom is 0.273 e. The van der Waals surface area contributed by atoms with E-state index in [0.717, 1.165) is 22.2 Å². The molecule has 2 rings (SSSR count). The predicted octanol–water partition coefficient (Wildman–Crippen LogP) is 4.23. The van der Waals surface area contributed by atoms with E-state index in [4.69, 9.17) is 4.74 Å². The molecule has 2 aromatic rings. The fraction of sp³-hybridized carbons (Fsp3) is 0.263. The fourth-order valence-electron chi connectivity index (χ4n) is 2.22. The number of carbonyl (C=O) groups excluding carboxylic acids is 1. The minimum absolute atomic E-state index is 0.0857. The van der Waals surface area contributed by atoms with Gasteiger partial charge in [0.05, 0.1) is 28.1 Å². The maximum atomic E-state index is 12.0. The van der Waals surface area contributed by atoms with Crippen molar-refractivity contribution in [2.45, 2.75) is 32.8 Å². The first-order valence-corrected chi connectivity index (χ1v) is 9.20. The van der Waals surface area contributed by atoms with Crippen LogP contribution in [-0.2, 0) is 11.2 Å². The Kier molecular flexibility index (Phi) is 7.48. The molecule has 1 atom stereocenters. The highest BCUT2D eigenvalue weighted by Crippen LogP contribution is 2.26. The molecule has 0 aliphatic rings. The van der Waals surface area contributed by atoms with Gasteiger partial charge in [0.15, 0.2) is 0 Å². The number of nitrogens with zero attached hydrogens (tertiary/aromatic N) is 2. The third-order valence-corrected chi connectivity index (χ3v) is 4.42. The summed E-state index contributed by atoms with van der Waals surface area (Å²) in [7, 11) is 0. The number of nitro groups is 1. The molecule has 8 heteroatoms. The van der Waals surface area contributed by atoms with Crippen molar-refractivity contribution >= 4 is 33.7 Å². The van der Waals surface area contributed by atoms with Gasteiger partial charge in [0.2, 0.25) is 5.91 Å². The van der Waals surface area contributed by atoms with E-state index in [1.54, 1.807) is 18.2 Å². The zero-order chi connectivity index (χ0) is 19.8. The summed E-state index contributed by atoms with van der Waals surface area (Å²) in [6.07, 6.45) is 2.39. The molecule has 142 valence electrons. The van der Waals surface area contributed by atoms with Crippen LogP contribution < -0.4 is 10.2 Å². The monoisotopic (exact) mass is 433 g/mol. The zero-order valence-electron chi connectivity index (χ0n) is 15.0. The summed E-state index contributed by atoms with van der Waals surface area (Å²) in [5.74, 6) is 0.304. The number of rotatable bonds is 8. The lowest BCUT2D eigenvalue weighted by Crippen LogP contribution is -2.20. The Labute approximate surface area is 165 Å². The lowest BCUT2D eigenvalue weighted by atomic mass is 10.1. The largest absolute Gasteiger partial charge is 0.490 e. The number of carbonyl (C=O) groups is 1. The van der Waals surface area contributed by atoms with Crippen molar-refractivity contribution in [2.75, 3.05) is 0 Å². The third-order valence-electron chi connectivity index (χ3n) is 3.80. The Bertz CT molecular complexity index is 855. The van der Waals surface area contributed by atoms with Crippen molar-refractivity contribution in [2.24, 2.45) is 5.10 Å². The van der Waals surface area contributed by atoms with Gasteiger partial charge in [-0.3, -0.25) is 14.9 Å². The molecule has 1 amide bonds. The first-order valence-electron chi connectivity index (χ1n) is 8.41. The minimum Gasteiger partial charge on any atom is -0.490 e. The number of halogens is 1. The molecule has 0 aliphatic heterocycles. The number of amides is 1. The molecular weight excluding hydrogens is 414 g/mol. The van der Waals surface area contributed by atoms with E-state index >= 15 is 0 Å². The van der Waals surface area contributed by atoms with E-state index < -0.39 is 10.8 Å². The number of benzene rings is 2. The number of hydrogen-bond donors (Lipinski definition) is 1. The summed E-state index contributed by atoms with van der Waals surface area (Å²) in [5.41, 5.74) is 3.40. The Morgan fingerprint density at radius 1 is 1.37 bits per heavy atom. The van der Waals surface area contributed by atoms with Crippen LogP contribution in [0.1, 0.15) is 31.4 Å². The second-order valence-corrected chi connectivity index (χ2v) is 6.74. The first-order chi connectivity index (χ1) is 12.9. The van der Waals surface area contributed by atoms with Gasteiger partial charge in [-0.05, 0) is 53.0 Å².